The van der Waals surface area contributed by atoms with E-state index in [0.29, 0.717) is 16.5 Å². The van der Waals surface area contributed by atoms with Crippen molar-refractivity contribution in [2.24, 2.45) is 5.10 Å². The van der Waals surface area contributed by atoms with E-state index < -0.39 is 0 Å². The molecule has 3 N–H and O–H groups in total. The quantitative estimate of drug-likeness (QED) is 0.578. The molecule has 1 fully saturated rings. The number of hydrogen-bond donors (Lipinski definition) is 3. The van der Waals surface area contributed by atoms with Crippen LogP contribution < -0.4 is 16.3 Å². The summed E-state index contributed by atoms with van der Waals surface area (Å²) < 4.78 is 0. The number of benzene rings is 2. The van der Waals surface area contributed by atoms with E-state index in [-0.39, 0.29) is 18.0 Å². The lowest BCUT2D eigenvalue weighted by molar-refractivity contribution is -0.122. The molecular formula is C17H16Cl2N4O. The van der Waals surface area contributed by atoms with Crippen LogP contribution >= 0.6 is 23.2 Å². The number of hydrazone groups is 1. The van der Waals surface area contributed by atoms with Gasteiger partial charge in [-0.15, -0.1) is 0 Å². The van der Waals surface area contributed by atoms with E-state index in [0.717, 1.165) is 11.1 Å². The van der Waals surface area contributed by atoms with Gasteiger partial charge in [0.05, 0.1) is 6.21 Å². The fraction of sp³-hybridized carbons (Fsp3) is 0.176. The molecule has 7 heteroatoms. The minimum absolute atomic E-state index is 0.0188. The van der Waals surface area contributed by atoms with Crippen LogP contribution in [0.3, 0.4) is 0 Å². The van der Waals surface area contributed by atoms with Crippen molar-refractivity contribution < 1.29 is 4.79 Å². The Morgan fingerprint density at radius 3 is 2.62 bits per heavy atom. The van der Waals surface area contributed by atoms with Crippen LogP contribution in [0.2, 0.25) is 10.0 Å². The first-order chi connectivity index (χ1) is 11.6. The Kier molecular flexibility index (Phi) is 5.48. The topological polar surface area (TPSA) is 65.5 Å². The van der Waals surface area contributed by atoms with Crippen molar-refractivity contribution in [2.75, 3.05) is 0 Å². The number of nitrogens with one attached hydrogen (secondary N) is 3. The third kappa shape index (κ3) is 4.13. The number of carbonyl (C=O) groups excluding carboxylic acids is 1. The summed E-state index contributed by atoms with van der Waals surface area (Å²) in [6.45, 7) is 0. The number of rotatable bonds is 4. The zero-order chi connectivity index (χ0) is 16.9. The van der Waals surface area contributed by atoms with Crippen molar-refractivity contribution in [2.45, 2.75) is 18.5 Å². The molecule has 0 aromatic heterocycles. The molecule has 2 aromatic rings. The number of hydrogen-bond acceptors (Lipinski definition) is 4. The summed E-state index contributed by atoms with van der Waals surface area (Å²) in [5.41, 5.74) is 10.4. The molecule has 1 heterocycles. The van der Waals surface area contributed by atoms with Crippen LogP contribution in [0.4, 0.5) is 0 Å². The van der Waals surface area contributed by atoms with E-state index >= 15 is 0 Å². The number of halogens is 2. The summed E-state index contributed by atoms with van der Waals surface area (Å²) in [6, 6.07) is 14.4. The second kappa shape index (κ2) is 7.77. The fourth-order valence-electron chi connectivity index (χ4n) is 2.49. The summed E-state index contributed by atoms with van der Waals surface area (Å²) in [7, 11) is 0. The molecule has 0 radical (unpaired) electrons. The van der Waals surface area contributed by atoms with Gasteiger partial charge in [0.2, 0.25) is 0 Å². The SMILES string of the molecule is O=C(N/N=C/c1ccc(Cl)cc1)C1CC(c2ccccc2Cl)NN1. The number of hydrazine groups is 1. The Morgan fingerprint density at radius 2 is 1.88 bits per heavy atom. The van der Waals surface area contributed by atoms with Crippen LogP contribution in [-0.4, -0.2) is 18.2 Å². The Hall–Kier alpha value is -1.92. The molecule has 0 bridgehead atoms. The molecule has 3 rings (SSSR count). The predicted octanol–water partition coefficient (Wildman–Crippen LogP) is 3.05. The van der Waals surface area contributed by atoms with E-state index in [9.17, 15) is 4.79 Å². The van der Waals surface area contributed by atoms with E-state index in [2.05, 4.69) is 21.4 Å². The summed E-state index contributed by atoms with van der Waals surface area (Å²) in [5, 5.41) is 5.30. The van der Waals surface area contributed by atoms with Gasteiger partial charge in [-0.05, 0) is 35.7 Å². The van der Waals surface area contributed by atoms with Crippen molar-refractivity contribution in [1.29, 1.82) is 0 Å². The van der Waals surface area contributed by atoms with E-state index in [4.69, 9.17) is 23.2 Å². The fourth-order valence-corrected chi connectivity index (χ4v) is 2.88. The highest BCUT2D eigenvalue weighted by Gasteiger charge is 2.30. The first-order valence-electron chi connectivity index (χ1n) is 7.47. The standard InChI is InChI=1S/C17H16Cl2N4O/c18-12-7-5-11(6-8-12)10-20-23-17(24)16-9-15(21-22-16)13-3-1-2-4-14(13)19/h1-8,10,15-16,21-22H,9H2,(H,23,24)/b20-10+. The molecule has 1 aliphatic rings. The van der Waals surface area contributed by atoms with Crippen molar-refractivity contribution >= 4 is 35.3 Å². The third-order valence-electron chi connectivity index (χ3n) is 3.76. The maximum Gasteiger partial charge on any atom is 0.258 e. The highest BCUT2D eigenvalue weighted by atomic mass is 35.5. The maximum atomic E-state index is 12.2. The van der Waals surface area contributed by atoms with Gasteiger partial charge >= 0.3 is 0 Å². The normalized spacial score (nSPS) is 20.4. The lowest BCUT2D eigenvalue weighted by atomic mass is 10.0. The van der Waals surface area contributed by atoms with Crippen LogP contribution in [0, 0.1) is 0 Å². The van der Waals surface area contributed by atoms with Crippen molar-refractivity contribution in [3.05, 3.63) is 69.7 Å². The third-order valence-corrected chi connectivity index (χ3v) is 4.35. The van der Waals surface area contributed by atoms with Gasteiger partial charge in [-0.1, -0.05) is 53.5 Å². The Balaban J connectivity index is 1.55. The van der Waals surface area contributed by atoms with Gasteiger partial charge in [0, 0.05) is 16.1 Å². The van der Waals surface area contributed by atoms with Gasteiger partial charge in [0.15, 0.2) is 0 Å². The zero-order valence-electron chi connectivity index (χ0n) is 12.7. The number of nitrogens with zero attached hydrogens (tertiary/aromatic N) is 1. The Labute approximate surface area is 150 Å². The Morgan fingerprint density at radius 1 is 1.12 bits per heavy atom. The molecule has 0 spiro atoms. The van der Waals surface area contributed by atoms with Gasteiger partial charge < -0.3 is 0 Å². The molecule has 0 aliphatic carbocycles. The van der Waals surface area contributed by atoms with Crippen LogP contribution in [-0.2, 0) is 4.79 Å². The van der Waals surface area contributed by atoms with Gasteiger partial charge in [0.1, 0.15) is 6.04 Å². The lowest BCUT2D eigenvalue weighted by Crippen LogP contribution is -2.41. The van der Waals surface area contributed by atoms with Crippen molar-refractivity contribution in [1.82, 2.24) is 16.3 Å². The average Bonchev–Trinajstić information content (AvgIpc) is 3.07. The molecule has 2 atom stereocenters. The molecule has 24 heavy (non-hydrogen) atoms. The monoisotopic (exact) mass is 362 g/mol. The van der Waals surface area contributed by atoms with Crippen LogP contribution in [0.25, 0.3) is 0 Å². The second-order valence-electron chi connectivity index (χ2n) is 5.44. The summed E-state index contributed by atoms with van der Waals surface area (Å²) in [4.78, 5) is 12.2. The smallest absolute Gasteiger partial charge is 0.258 e. The van der Waals surface area contributed by atoms with Crippen LogP contribution in [0.1, 0.15) is 23.6 Å². The molecule has 1 aliphatic heterocycles. The van der Waals surface area contributed by atoms with E-state index in [1.54, 1.807) is 18.3 Å². The van der Waals surface area contributed by atoms with E-state index in [1.807, 2.05) is 36.4 Å². The molecular weight excluding hydrogens is 347 g/mol. The number of amides is 1. The summed E-state index contributed by atoms with van der Waals surface area (Å²) >= 11 is 12.0. The van der Waals surface area contributed by atoms with Crippen LogP contribution in [0.5, 0.6) is 0 Å². The number of carbonyl (C=O) groups is 1. The minimum atomic E-state index is -0.381. The highest BCUT2D eigenvalue weighted by molar-refractivity contribution is 6.31. The molecule has 5 nitrogen and oxygen atoms in total. The molecule has 2 unspecified atom stereocenters. The van der Waals surface area contributed by atoms with Gasteiger partial charge in [-0.2, -0.15) is 5.10 Å². The summed E-state index contributed by atoms with van der Waals surface area (Å²) in [6.07, 6.45) is 2.16. The molecule has 1 amide bonds. The Bertz CT molecular complexity index is 749. The highest BCUT2D eigenvalue weighted by Crippen LogP contribution is 2.28. The minimum Gasteiger partial charge on any atom is -0.271 e. The zero-order valence-corrected chi connectivity index (χ0v) is 14.2. The van der Waals surface area contributed by atoms with Gasteiger partial charge in [-0.25, -0.2) is 16.3 Å². The second-order valence-corrected chi connectivity index (χ2v) is 6.28. The van der Waals surface area contributed by atoms with Crippen molar-refractivity contribution in [3.63, 3.8) is 0 Å². The van der Waals surface area contributed by atoms with Gasteiger partial charge in [0.25, 0.3) is 5.91 Å². The average molecular weight is 363 g/mol. The lowest BCUT2D eigenvalue weighted by Gasteiger charge is -2.11. The van der Waals surface area contributed by atoms with Gasteiger partial charge in [-0.3, -0.25) is 4.79 Å². The van der Waals surface area contributed by atoms with Crippen LogP contribution in [0.15, 0.2) is 53.6 Å². The first kappa shape index (κ1) is 16.9. The summed E-state index contributed by atoms with van der Waals surface area (Å²) in [5.74, 6) is -0.206. The first-order valence-corrected chi connectivity index (χ1v) is 8.23. The molecule has 1 saturated heterocycles. The largest absolute Gasteiger partial charge is 0.271 e. The molecule has 0 saturated carbocycles. The molecule has 124 valence electrons. The predicted molar refractivity (Wildman–Crippen MR) is 96.1 cm³/mol. The van der Waals surface area contributed by atoms with Crippen molar-refractivity contribution in [3.8, 4) is 0 Å². The van der Waals surface area contributed by atoms with E-state index in [1.165, 1.54) is 0 Å². The maximum absolute atomic E-state index is 12.2. The molecule has 2 aromatic carbocycles.